The summed E-state index contributed by atoms with van der Waals surface area (Å²) in [4.78, 5) is 18.5. The number of benzene rings is 1. The second kappa shape index (κ2) is 12.7. The van der Waals surface area contributed by atoms with Crippen molar-refractivity contribution in [1.82, 2.24) is 14.8 Å². The number of hydrogen-bond donors (Lipinski definition) is 1. The Morgan fingerprint density at radius 1 is 1.17 bits per heavy atom. The Bertz CT molecular complexity index is 845. The largest absolute Gasteiger partial charge is 0.381 e. The average Bonchev–Trinajstić information content (AvgIpc) is 2.76. The van der Waals surface area contributed by atoms with E-state index in [9.17, 15) is 4.79 Å². The minimum Gasteiger partial charge on any atom is -0.381 e. The van der Waals surface area contributed by atoms with Gasteiger partial charge in [-0.15, -0.1) is 24.0 Å². The van der Waals surface area contributed by atoms with Crippen molar-refractivity contribution in [2.24, 2.45) is 10.9 Å². The second-order valence-corrected chi connectivity index (χ2v) is 7.65. The number of aromatic nitrogens is 1. The number of rotatable bonds is 7. The zero-order chi connectivity index (χ0) is 20.5. The molecule has 0 amide bonds. The van der Waals surface area contributed by atoms with Gasteiger partial charge in [0.1, 0.15) is 0 Å². The molecule has 164 valence electrons. The molecule has 0 saturated carbocycles. The maximum absolute atomic E-state index is 11.8. The topological polar surface area (TPSA) is 58.9 Å². The van der Waals surface area contributed by atoms with Crippen molar-refractivity contribution in [3.05, 3.63) is 70.1 Å². The molecule has 2 heterocycles. The molecule has 6 nitrogen and oxygen atoms in total. The van der Waals surface area contributed by atoms with Crippen LogP contribution >= 0.6 is 24.0 Å². The summed E-state index contributed by atoms with van der Waals surface area (Å²) >= 11 is 0. The molecule has 0 unspecified atom stereocenters. The van der Waals surface area contributed by atoms with Crippen molar-refractivity contribution in [2.45, 2.75) is 32.4 Å². The lowest BCUT2D eigenvalue weighted by atomic mass is 9.96. The average molecular weight is 524 g/mol. The zero-order valence-corrected chi connectivity index (χ0v) is 20.2. The van der Waals surface area contributed by atoms with Gasteiger partial charge >= 0.3 is 0 Å². The predicted molar refractivity (Wildman–Crippen MR) is 133 cm³/mol. The fourth-order valence-electron chi connectivity index (χ4n) is 3.63. The fourth-order valence-corrected chi connectivity index (χ4v) is 3.63. The number of ether oxygens (including phenoxy) is 1. The molecule has 1 aliphatic heterocycles. The molecule has 1 saturated heterocycles. The summed E-state index contributed by atoms with van der Waals surface area (Å²) in [6.07, 6.45) is 5.33. The van der Waals surface area contributed by atoms with E-state index in [1.807, 2.05) is 19.3 Å². The molecule has 7 heteroatoms. The molecular weight excluding hydrogens is 491 g/mol. The number of aliphatic imine (C=N–C) groups is 1. The van der Waals surface area contributed by atoms with Crippen LogP contribution in [0.2, 0.25) is 0 Å². The van der Waals surface area contributed by atoms with E-state index in [-0.39, 0.29) is 29.5 Å². The molecule has 1 aromatic carbocycles. The van der Waals surface area contributed by atoms with E-state index in [0.717, 1.165) is 43.7 Å². The lowest BCUT2D eigenvalue weighted by molar-refractivity contribution is 0.0625. The standard InChI is InChI=1S/C23H32N4O2.HI/c1-24-23(26(2)14-10-19-11-15-29-16-12-19)25-17-20-6-8-21(9-7-20)18-27-13-4-3-5-22(27)28;/h3-9,13,19H,10-12,14-18H2,1-2H3,(H,24,25);1H. The van der Waals surface area contributed by atoms with E-state index in [1.54, 1.807) is 16.7 Å². The zero-order valence-electron chi connectivity index (χ0n) is 17.9. The van der Waals surface area contributed by atoms with Crippen LogP contribution in [0.25, 0.3) is 0 Å². The number of guanidine groups is 1. The molecule has 30 heavy (non-hydrogen) atoms. The van der Waals surface area contributed by atoms with E-state index in [4.69, 9.17) is 4.74 Å². The van der Waals surface area contributed by atoms with E-state index >= 15 is 0 Å². The lowest BCUT2D eigenvalue weighted by Crippen LogP contribution is -2.39. The molecule has 1 fully saturated rings. The molecule has 1 aromatic heterocycles. The highest BCUT2D eigenvalue weighted by Crippen LogP contribution is 2.18. The third-order valence-electron chi connectivity index (χ3n) is 5.51. The smallest absolute Gasteiger partial charge is 0.250 e. The molecular formula is C23H33IN4O2. The number of hydrogen-bond acceptors (Lipinski definition) is 3. The van der Waals surface area contributed by atoms with Crippen LogP contribution in [-0.2, 0) is 17.8 Å². The minimum atomic E-state index is 0. The summed E-state index contributed by atoms with van der Waals surface area (Å²) in [5.74, 6) is 1.67. The van der Waals surface area contributed by atoms with Crippen molar-refractivity contribution in [3.63, 3.8) is 0 Å². The molecule has 0 bridgehead atoms. The van der Waals surface area contributed by atoms with Gasteiger partial charge in [0.25, 0.3) is 5.56 Å². The van der Waals surface area contributed by atoms with Gasteiger partial charge in [0, 0.05) is 52.7 Å². The Morgan fingerprint density at radius 2 is 1.87 bits per heavy atom. The Morgan fingerprint density at radius 3 is 2.53 bits per heavy atom. The van der Waals surface area contributed by atoms with Crippen molar-refractivity contribution in [2.75, 3.05) is 33.9 Å². The van der Waals surface area contributed by atoms with Crippen molar-refractivity contribution in [3.8, 4) is 0 Å². The van der Waals surface area contributed by atoms with Gasteiger partial charge in [-0.25, -0.2) is 0 Å². The summed E-state index contributed by atoms with van der Waals surface area (Å²) in [6.45, 7) is 4.10. The Hall–Kier alpha value is -1.87. The Labute approximate surface area is 196 Å². The quantitative estimate of drug-likeness (QED) is 0.343. The molecule has 0 radical (unpaired) electrons. The van der Waals surface area contributed by atoms with Crippen LogP contribution in [0.3, 0.4) is 0 Å². The second-order valence-electron chi connectivity index (χ2n) is 7.65. The van der Waals surface area contributed by atoms with Gasteiger partial charge in [-0.3, -0.25) is 9.79 Å². The van der Waals surface area contributed by atoms with Gasteiger partial charge in [-0.1, -0.05) is 30.3 Å². The maximum atomic E-state index is 11.8. The van der Waals surface area contributed by atoms with Gasteiger partial charge in [0.15, 0.2) is 5.96 Å². The first-order valence-corrected chi connectivity index (χ1v) is 10.4. The van der Waals surface area contributed by atoms with Gasteiger partial charge in [-0.2, -0.15) is 0 Å². The van der Waals surface area contributed by atoms with Crippen LogP contribution in [0.1, 0.15) is 30.4 Å². The van der Waals surface area contributed by atoms with Crippen LogP contribution in [0, 0.1) is 5.92 Å². The third-order valence-corrected chi connectivity index (χ3v) is 5.51. The molecule has 0 atom stereocenters. The van der Waals surface area contributed by atoms with Gasteiger partial charge in [0.2, 0.25) is 0 Å². The fraction of sp³-hybridized carbons (Fsp3) is 0.478. The van der Waals surface area contributed by atoms with Crippen LogP contribution in [0.4, 0.5) is 0 Å². The van der Waals surface area contributed by atoms with Gasteiger partial charge in [-0.05, 0) is 42.4 Å². The maximum Gasteiger partial charge on any atom is 0.250 e. The van der Waals surface area contributed by atoms with E-state index < -0.39 is 0 Å². The van der Waals surface area contributed by atoms with Crippen LogP contribution in [0.15, 0.2) is 58.4 Å². The van der Waals surface area contributed by atoms with Crippen LogP contribution < -0.4 is 10.9 Å². The van der Waals surface area contributed by atoms with E-state index in [2.05, 4.69) is 46.5 Å². The summed E-state index contributed by atoms with van der Waals surface area (Å²) in [5, 5.41) is 3.45. The van der Waals surface area contributed by atoms with Crippen molar-refractivity contribution < 1.29 is 4.74 Å². The summed E-state index contributed by atoms with van der Waals surface area (Å²) in [5.41, 5.74) is 2.32. The summed E-state index contributed by atoms with van der Waals surface area (Å²) in [6, 6.07) is 13.6. The molecule has 0 spiro atoms. The normalized spacial score (nSPS) is 14.8. The number of halogens is 1. The molecule has 1 aliphatic rings. The Balaban J connectivity index is 0.00000320. The number of pyridine rings is 1. The summed E-state index contributed by atoms with van der Waals surface area (Å²) in [7, 11) is 3.92. The minimum absolute atomic E-state index is 0. The van der Waals surface area contributed by atoms with Crippen LogP contribution in [-0.4, -0.2) is 49.3 Å². The molecule has 1 N–H and O–H groups in total. The molecule has 3 rings (SSSR count). The SMILES string of the molecule is CN=C(NCc1ccc(Cn2ccccc2=O)cc1)N(C)CCC1CCOCC1.I. The number of nitrogens with one attached hydrogen (secondary N) is 1. The van der Waals surface area contributed by atoms with Crippen molar-refractivity contribution in [1.29, 1.82) is 0 Å². The predicted octanol–water partition coefficient (Wildman–Crippen LogP) is 3.34. The first-order valence-electron chi connectivity index (χ1n) is 10.4. The van der Waals surface area contributed by atoms with Crippen molar-refractivity contribution >= 4 is 29.9 Å². The van der Waals surface area contributed by atoms with E-state index in [1.165, 1.54) is 24.8 Å². The Kier molecular flexibility index (Phi) is 10.4. The highest BCUT2D eigenvalue weighted by molar-refractivity contribution is 14.0. The van der Waals surface area contributed by atoms with Gasteiger partial charge < -0.3 is 19.5 Å². The lowest BCUT2D eigenvalue weighted by Gasteiger charge is -2.26. The molecule has 0 aliphatic carbocycles. The first-order chi connectivity index (χ1) is 14.2. The monoisotopic (exact) mass is 524 g/mol. The number of nitrogens with zero attached hydrogens (tertiary/aromatic N) is 3. The van der Waals surface area contributed by atoms with Gasteiger partial charge in [0.05, 0.1) is 6.54 Å². The summed E-state index contributed by atoms with van der Waals surface area (Å²) < 4.78 is 7.15. The van der Waals surface area contributed by atoms with Crippen LogP contribution in [0.5, 0.6) is 0 Å². The van der Waals surface area contributed by atoms with E-state index in [0.29, 0.717) is 6.54 Å². The molecule has 2 aromatic rings. The highest BCUT2D eigenvalue weighted by atomic mass is 127. The third kappa shape index (κ3) is 7.43. The highest BCUT2D eigenvalue weighted by Gasteiger charge is 2.15. The first kappa shape index (κ1) is 24.4.